The number of aromatic nitrogens is 2. The third-order valence-corrected chi connectivity index (χ3v) is 5.66. The number of rotatable bonds is 4. The van der Waals surface area contributed by atoms with Gasteiger partial charge in [-0.1, -0.05) is 42.8 Å². The standard InChI is InChI=1S/C24H25N3O2/c1-5-17-7-9-18(10-8-17)27-24-22(16(4)26-27)20(13-21(28)25-24)23(29)19-11-6-14(2)12-15(19)3/h6-12,20H,5,13H2,1-4H3,(H,25,28)/t20-/m1/s1. The maximum atomic E-state index is 13.4. The Morgan fingerprint density at radius 3 is 2.52 bits per heavy atom. The normalized spacial score (nSPS) is 15.7. The molecule has 0 fully saturated rings. The summed E-state index contributed by atoms with van der Waals surface area (Å²) in [6, 6.07) is 13.9. The first-order valence-corrected chi connectivity index (χ1v) is 9.99. The van der Waals surface area contributed by atoms with Gasteiger partial charge in [-0.2, -0.15) is 5.10 Å². The summed E-state index contributed by atoms with van der Waals surface area (Å²) in [5.41, 5.74) is 6.39. The van der Waals surface area contributed by atoms with E-state index in [0.29, 0.717) is 11.4 Å². The molecule has 2 heterocycles. The van der Waals surface area contributed by atoms with Crippen molar-refractivity contribution in [3.8, 4) is 5.69 Å². The zero-order chi connectivity index (χ0) is 20.7. The fourth-order valence-corrected chi connectivity index (χ4v) is 4.11. The molecule has 0 radical (unpaired) electrons. The van der Waals surface area contributed by atoms with Crippen molar-refractivity contribution >= 4 is 17.5 Å². The van der Waals surface area contributed by atoms with Gasteiger partial charge in [0.2, 0.25) is 5.91 Å². The van der Waals surface area contributed by atoms with Crippen LogP contribution in [0.2, 0.25) is 0 Å². The molecule has 1 atom stereocenters. The lowest BCUT2D eigenvalue weighted by atomic mass is 9.84. The van der Waals surface area contributed by atoms with Crippen molar-refractivity contribution in [3.05, 3.63) is 76.0 Å². The van der Waals surface area contributed by atoms with Crippen LogP contribution >= 0.6 is 0 Å². The van der Waals surface area contributed by atoms with E-state index in [1.807, 2.05) is 51.1 Å². The third kappa shape index (κ3) is 3.37. The fraction of sp³-hybridized carbons (Fsp3) is 0.292. The van der Waals surface area contributed by atoms with E-state index < -0.39 is 5.92 Å². The van der Waals surface area contributed by atoms with Crippen LogP contribution in [0.3, 0.4) is 0 Å². The molecule has 0 aliphatic carbocycles. The molecule has 3 aromatic rings. The van der Waals surface area contributed by atoms with Crippen molar-refractivity contribution in [2.24, 2.45) is 0 Å². The molecule has 5 heteroatoms. The molecule has 148 valence electrons. The number of benzene rings is 2. The van der Waals surface area contributed by atoms with Gasteiger partial charge in [0.15, 0.2) is 5.78 Å². The third-order valence-electron chi connectivity index (χ3n) is 5.66. The van der Waals surface area contributed by atoms with Crippen LogP contribution in [0.25, 0.3) is 5.69 Å². The summed E-state index contributed by atoms with van der Waals surface area (Å²) in [4.78, 5) is 25.9. The second-order valence-electron chi connectivity index (χ2n) is 7.77. The Morgan fingerprint density at radius 2 is 1.86 bits per heavy atom. The molecule has 2 aromatic carbocycles. The molecule has 0 unspecified atom stereocenters. The smallest absolute Gasteiger partial charge is 0.226 e. The van der Waals surface area contributed by atoms with Crippen LogP contribution in [0.1, 0.15) is 57.6 Å². The summed E-state index contributed by atoms with van der Waals surface area (Å²) in [6.45, 7) is 7.95. The number of aryl methyl sites for hydroxylation is 4. The summed E-state index contributed by atoms with van der Waals surface area (Å²) < 4.78 is 1.74. The van der Waals surface area contributed by atoms with Crippen molar-refractivity contribution < 1.29 is 9.59 Å². The van der Waals surface area contributed by atoms with E-state index in [1.165, 1.54) is 5.56 Å². The Bertz CT molecular complexity index is 1110. The lowest BCUT2D eigenvalue weighted by Gasteiger charge is -2.24. The van der Waals surface area contributed by atoms with Gasteiger partial charge in [-0.3, -0.25) is 9.59 Å². The number of fused-ring (bicyclic) bond motifs is 1. The minimum Gasteiger partial charge on any atom is -0.310 e. The second-order valence-corrected chi connectivity index (χ2v) is 7.77. The average Bonchev–Trinajstić information content (AvgIpc) is 3.03. The zero-order valence-corrected chi connectivity index (χ0v) is 17.2. The molecule has 29 heavy (non-hydrogen) atoms. The van der Waals surface area contributed by atoms with Gasteiger partial charge in [0.1, 0.15) is 5.82 Å². The van der Waals surface area contributed by atoms with E-state index in [-0.39, 0.29) is 18.1 Å². The Morgan fingerprint density at radius 1 is 1.14 bits per heavy atom. The molecule has 1 N–H and O–H groups in total. The highest BCUT2D eigenvalue weighted by Crippen LogP contribution is 2.38. The Hall–Kier alpha value is -3.21. The average molecular weight is 387 g/mol. The topological polar surface area (TPSA) is 64.0 Å². The van der Waals surface area contributed by atoms with E-state index in [4.69, 9.17) is 0 Å². The molecule has 5 nitrogen and oxygen atoms in total. The van der Waals surface area contributed by atoms with Crippen LogP contribution in [0.15, 0.2) is 42.5 Å². The van der Waals surface area contributed by atoms with Crippen LogP contribution in [0.5, 0.6) is 0 Å². The molecular weight excluding hydrogens is 362 g/mol. The molecule has 0 bridgehead atoms. The predicted molar refractivity (Wildman–Crippen MR) is 114 cm³/mol. The highest BCUT2D eigenvalue weighted by atomic mass is 16.2. The number of carbonyl (C=O) groups is 2. The molecule has 4 rings (SSSR count). The molecule has 1 aromatic heterocycles. The predicted octanol–water partition coefficient (Wildman–Crippen LogP) is 4.67. The van der Waals surface area contributed by atoms with Crippen LogP contribution in [0.4, 0.5) is 5.82 Å². The second kappa shape index (κ2) is 7.32. The Kier molecular flexibility index (Phi) is 4.82. The first-order valence-electron chi connectivity index (χ1n) is 9.99. The van der Waals surface area contributed by atoms with Gasteiger partial charge in [-0.25, -0.2) is 4.68 Å². The molecule has 1 aliphatic heterocycles. The minimum absolute atomic E-state index is 0.0254. The van der Waals surface area contributed by atoms with Gasteiger partial charge < -0.3 is 5.32 Å². The molecule has 0 saturated heterocycles. The van der Waals surface area contributed by atoms with Gasteiger partial charge in [0.05, 0.1) is 17.3 Å². The zero-order valence-electron chi connectivity index (χ0n) is 17.2. The van der Waals surface area contributed by atoms with Crippen molar-refractivity contribution in [3.63, 3.8) is 0 Å². The molecular formula is C24H25N3O2. The van der Waals surface area contributed by atoms with Gasteiger partial charge in [0, 0.05) is 17.5 Å². The number of amides is 1. The van der Waals surface area contributed by atoms with E-state index >= 15 is 0 Å². The van der Waals surface area contributed by atoms with Crippen LogP contribution in [-0.2, 0) is 11.2 Å². The van der Waals surface area contributed by atoms with Gasteiger partial charge in [-0.05, 0) is 50.5 Å². The van der Waals surface area contributed by atoms with Crippen LogP contribution < -0.4 is 5.32 Å². The number of nitrogens with zero attached hydrogens (tertiary/aromatic N) is 2. The largest absolute Gasteiger partial charge is 0.310 e. The highest BCUT2D eigenvalue weighted by molar-refractivity contribution is 6.08. The summed E-state index contributed by atoms with van der Waals surface area (Å²) in [6.07, 6.45) is 1.10. The number of carbonyl (C=O) groups excluding carboxylic acids is 2. The number of anilines is 1. The van der Waals surface area contributed by atoms with Gasteiger partial charge in [0.25, 0.3) is 0 Å². The number of ketones is 1. The minimum atomic E-state index is -0.524. The SMILES string of the molecule is CCc1ccc(-n2nc(C)c3c2NC(=O)C[C@H]3C(=O)c2ccc(C)cc2C)cc1. The van der Waals surface area contributed by atoms with Crippen molar-refractivity contribution in [2.45, 2.75) is 46.5 Å². The summed E-state index contributed by atoms with van der Waals surface area (Å²) >= 11 is 0. The van der Waals surface area contributed by atoms with Crippen molar-refractivity contribution in [1.82, 2.24) is 9.78 Å². The molecule has 0 spiro atoms. The first kappa shape index (κ1) is 19.1. The van der Waals surface area contributed by atoms with Crippen molar-refractivity contribution in [2.75, 3.05) is 5.32 Å². The maximum absolute atomic E-state index is 13.4. The molecule has 0 saturated carbocycles. The number of nitrogens with one attached hydrogen (secondary N) is 1. The highest BCUT2D eigenvalue weighted by Gasteiger charge is 2.36. The number of Topliss-reactive ketones (excluding diaryl/α,β-unsaturated/α-hetero) is 1. The lowest BCUT2D eigenvalue weighted by Crippen LogP contribution is -2.28. The number of hydrogen-bond donors (Lipinski definition) is 1. The van der Waals surface area contributed by atoms with E-state index in [1.54, 1.807) is 4.68 Å². The lowest BCUT2D eigenvalue weighted by molar-refractivity contribution is -0.116. The van der Waals surface area contributed by atoms with E-state index in [0.717, 1.165) is 34.5 Å². The Labute approximate surface area is 170 Å². The molecule has 1 aliphatic rings. The van der Waals surface area contributed by atoms with Crippen LogP contribution in [-0.4, -0.2) is 21.5 Å². The van der Waals surface area contributed by atoms with E-state index in [9.17, 15) is 9.59 Å². The van der Waals surface area contributed by atoms with Gasteiger partial charge >= 0.3 is 0 Å². The summed E-state index contributed by atoms with van der Waals surface area (Å²) in [7, 11) is 0. The summed E-state index contributed by atoms with van der Waals surface area (Å²) in [5, 5.41) is 7.61. The quantitative estimate of drug-likeness (QED) is 0.662. The maximum Gasteiger partial charge on any atom is 0.226 e. The van der Waals surface area contributed by atoms with Crippen molar-refractivity contribution in [1.29, 1.82) is 0 Å². The fourth-order valence-electron chi connectivity index (χ4n) is 4.11. The Balaban J connectivity index is 1.80. The van der Waals surface area contributed by atoms with Gasteiger partial charge in [-0.15, -0.1) is 0 Å². The first-order chi connectivity index (χ1) is 13.9. The monoisotopic (exact) mass is 387 g/mol. The number of hydrogen-bond acceptors (Lipinski definition) is 3. The molecule has 1 amide bonds. The summed E-state index contributed by atoms with van der Waals surface area (Å²) in [5.74, 6) is -0.107. The van der Waals surface area contributed by atoms with E-state index in [2.05, 4.69) is 29.5 Å². The van der Waals surface area contributed by atoms with Crippen LogP contribution in [0, 0.1) is 20.8 Å².